The Balaban J connectivity index is 2.06. The van der Waals surface area contributed by atoms with E-state index in [0.29, 0.717) is 5.56 Å². The summed E-state index contributed by atoms with van der Waals surface area (Å²) in [6, 6.07) is 16.3. The fourth-order valence-electron chi connectivity index (χ4n) is 1.95. The van der Waals surface area contributed by atoms with Gasteiger partial charge in [0.1, 0.15) is 0 Å². The van der Waals surface area contributed by atoms with Crippen LogP contribution in [0.4, 0.5) is 5.69 Å². The van der Waals surface area contributed by atoms with Crippen LogP contribution in [0.5, 0.6) is 0 Å². The Morgan fingerprint density at radius 1 is 1.05 bits per heavy atom. The van der Waals surface area contributed by atoms with Crippen LogP contribution >= 0.6 is 22.6 Å². The van der Waals surface area contributed by atoms with E-state index in [-0.39, 0.29) is 5.91 Å². The summed E-state index contributed by atoms with van der Waals surface area (Å²) >= 11 is 2.07. The maximum atomic E-state index is 12.3. The third-order valence-electron chi connectivity index (χ3n) is 3.20. The van der Waals surface area contributed by atoms with Gasteiger partial charge in [0, 0.05) is 16.3 Å². The van der Waals surface area contributed by atoms with Crippen molar-refractivity contribution in [2.24, 2.45) is 0 Å². The van der Waals surface area contributed by atoms with Crippen LogP contribution in [0.15, 0.2) is 54.6 Å². The van der Waals surface area contributed by atoms with Crippen LogP contribution in [0.3, 0.4) is 0 Å². The minimum Gasteiger partial charge on any atom is -0.449 e. The number of nitrogens with zero attached hydrogens (tertiary/aromatic N) is 1. The van der Waals surface area contributed by atoms with Crippen LogP contribution in [0, 0.1) is 3.57 Å². The lowest BCUT2D eigenvalue weighted by atomic mass is 10.2. The third-order valence-corrected chi connectivity index (χ3v) is 4.14. The summed E-state index contributed by atoms with van der Waals surface area (Å²) in [4.78, 5) is 26.0. The van der Waals surface area contributed by atoms with E-state index in [0.717, 1.165) is 9.26 Å². The molecule has 2 aromatic rings. The highest BCUT2D eigenvalue weighted by Gasteiger charge is 2.23. The average Bonchev–Trinajstić information content (AvgIpc) is 2.54. The summed E-state index contributed by atoms with van der Waals surface area (Å²) in [6.07, 6.45) is -0.853. The number of para-hydroxylation sites is 1. The first-order chi connectivity index (χ1) is 10.5. The van der Waals surface area contributed by atoms with E-state index in [1.165, 1.54) is 4.90 Å². The number of hydrogen-bond acceptors (Lipinski definition) is 3. The van der Waals surface area contributed by atoms with Crippen LogP contribution in [0.1, 0.15) is 17.3 Å². The monoisotopic (exact) mass is 409 g/mol. The van der Waals surface area contributed by atoms with Crippen molar-refractivity contribution in [3.8, 4) is 0 Å². The number of anilines is 1. The Hall–Kier alpha value is -1.89. The van der Waals surface area contributed by atoms with Crippen LogP contribution < -0.4 is 4.90 Å². The quantitative estimate of drug-likeness (QED) is 0.574. The molecule has 114 valence electrons. The molecule has 22 heavy (non-hydrogen) atoms. The molecule has 0 spiro atoms. The van der Waals surface area contributed by atoms with Gasteiger partial charge in [0.15, 0.2) is 6.10 Å². The van der Waals surface area contributed by atoms with Crippen molar-refractivity contribution in [3.05, 3.63) is 63.7 Å². The van der Waals surface area contributed by atoms with Crippen molar-refractivity contribution in [1.82, 2.24) is 0 Å². The number of esters is 1. The van der Waals surface area contributed by atoms with Gasteiger partial charge in [-0.05, 0) is 53.8 Å². The van der Waals surface area contributed by atoms with Gasteiger partial charge in [-0.1, -0.05) is 30.3 Å². The molecule has 0 aliphatic heterocycles. The Bertz CT molecular complexity index is 673. The maximum Gasteiger partial charge on any atom is 0.339 e. The second-order valence-corrected chi connectivity index (χ2v) is 5.92. The number of ether oxygens (including phenoxy) is 1. The van der Waals surface area contributed by atoms with Crippen molar-refractivity contribution in [2.75, 3.05) is 11.9 Å². The fraction of sp³-hybridized carbons (Fsp3) is 0.176. The summed E-state index contributed by atoms with van der Waals surface area (Å²) in [6.45, 7) is 1.58. The summed E-state index contributed by atoms with van der Waals surface area (Å²) in [7, 11) is 1.66. The maximum absolute atomic E-state index is 12.3. The van der Waals surface area contributed by atoms with Crippen molar-refractivity contribution >= 4 is 40.2 Å². The Kier molecular flexibility index (Phi) is 5.54. The number of carbonyl (C=O) groups excluding carboxylic acids is 2. The van der Waals surface area contributed by atoms with Gasteiger partial charge in [-0.2, -0.15) is 0 Å². The highest BCUT2D eigenvalue weighted by Crippen LogP contribution is 2.16. The first-order valence-electron chi connectivity index (χ1n) is 6.79. The van der Waals surface area contributed by atoms with Gasteiger partial charge < -0.3 is 9.64 Å². The highest BCUT2D eigenvalue weighted by molar-refractivity contribution is 14.1. The third kappa shape index (κ3) is 3.85. The van der Waals surface area contributed by atoms with Crippen molar-refractivity contribution < 1.29 is 14.3 Å². The van der Waals surface area contributed by atoms with Crippen LogP contribution in [-0.4, -0.2) is 25.0 Å². The topological polar surface area (TPSA) is 46.6 Å². The van der Waals surface area contributed by atoms with Crippen LogP contribution in [0.25, 0.3) is 0 Å². The minimum atomic E-state index is -0.853. The molecule has 5 heteroatoms. The molecule has 0 unspecified atom stereocenters. The lowest BCUT2D eigenvalue weighted by Crippen LogP contribution is -2.37. The molecule has 1 atom stereocenters. The van der Waals surface area contributed by atoms with Crippen LogP contribution in [-0.2, 0) is 9.53 Å². The predicted octanol–water partition coefficient (Wildman–Crippen LogP) is 3.50. The second kappa shape index (κ2) is 7.40. The Morgan fingerprint density at radius 3 is 2.27 bits per heavy atom. The van der Waals surface area contributed by atoms with Gasteiger partial charge in [-0.25, -0.2) is 4.79 Å². The molecule has 2 aromatic carbocycles. The number of hydrogen-bond donors (Lipinski definition) is 0. The molecule has 0 aliphatic rings. The molecule has 0 saturated heterocycles. The fourth-order valence-corrected chi connectivity index (χ4v) is 2.56. The molecular formula is C17H16INO3. The largest absolute Gasteiger partial charge is 0.449 e. The van der Waals surface area contributed by atoms with E-state index in [9.17, 15) is 9.59 Å². The SMILES string of the molecule is C[C@H](OC(=O)c1ccccc1I)C(=O)N(C)c1ccccc1. The van der Waals surface area contributed by atoms with Crippen molar-refractivity contribution in [3.63, 3.8) is 0 Å². The summed E-state index contributed by atoms with van der Waals surface area (Å²) in [5.41, 5.74) is 1.22. The number of amides is 1. The number of carbonyl (C=O) groups is 2. The second-order valence-electron chi connectivity index (χ2n) is 4.76. The van der Waals surface area contributed by atoms with E-state index in [2.05, 4.69) is 22.6 Å². The molecule has 0 heterocycles. The minimum absolute atomic E-state index is 0.273. The van der Waals surface area contributed by atoms with E-state index in [4.69, 9.17) is 4.74 Å². The van der Waals surface area contributed by atoms with Gasteiger partial charge in [0.25, 0.3) is 5.91 Å². The molecule has 2 rings (SSSR count). The summed E-state index contributed by atoms with van der Waals surface area (Å²) in [5.74, 6) is -0.766. The molecular weight excluding hydrogens is 393 g/mol. The van der Waals surface area contributed by atoms with Gasteiger partial charge in [0.2, 0.25) is 0 Å². The Morgan fingerprint density at radius 2 is 1.64 bits per heavy atom. The predicted molar refractivity (Wildman–Crippen MR) is 93.9 cm³/mol. The smallest absolute Gasteiger partial charge is 0.339 e. The molecule has 0 aliphatic carbocycles. The molecule has 0 N–H and O–H groups in total. The molecule has 0 fully saturated rings. The normalized spacial score (nSPS) is 11.6. The molecule has 0 saturated carbocycles. The van der Waals surface area contributed by atoms with Gasteiger partial charge in [-0.3, -0.25) is 4.79 Å². The summed E-state index contributed by atoms with van der Waals surface area (Å²) < 4.78 is 6.08. The highest BCUT2D eigenvalue weighted by atomic mass is 127. The van der Waals surface area contributed by atoms with Crippen molar-refractivity contribution in [1.29, 1.82) is 0 Å². The first kappa shape index (κ1) is 16.5. The molecule has 0 aromatic heterocycles. The number of likely N-dealkylation sites (N-methyl/N-ethyl adjacent to an activating group) is 1. The zero-order chi connectivity index (χ0) is 16.1. The van der Waals surface area contributed by atoms with E-state index < -0.39 is 12.1 Å². The zero-order valence-corrected chi connectivity index (χ0v) is 14.5. The van der Waals surface area contributed by atoms with E-state index in [1.54, 1.807) is 26.1 Å². The van der Waals surface area contributed by atoms with E-state index >= 15 is 0 Å². The zero-order valence-electron chi connectivity index (χ0n) is 12.3. The molecule has 0 bridgehead atoms. The molecule has 0 radical (unpaired) electrons. The lowest BCUT2D eigenvalue weighted by Gasteiger charge is -2.21. The van der Waals surface area contributed by atoms with E-state index in [1.807, 2.05) is 42.5 Å². The molecule has 1 amide bonds. The summed E-state index contributed by atoms with van der Waals surface area (Å²) in [5, 5.41) is 0. The first-order valence-corrected chi connectivity index (χ1v) is 7.86. The van der Waals surface area contributed by atoms with Crippen molar-refractivity contribution in [2.45, 2.75) is 13.0 Å². The van der Waals surface area contributed by atoms with Gasteiger partial charge >= 0.3 is 5.97 Å². The number of benzene rings is 2. The number of rotatable bonds is 4. The van der Waals surface area contributed by atoms with Gasteiger partial charge in [0.05, 0.1) is 5.56 Å². The molecule has 4 nitrogen and oxygen atoms in total. The number of halogens is 1. The Labute approximate surface area is 143 Å². The average molecular weight is 409 g/mol. The lowest BCUT2D eigenvalue weighted by molar-refractivity contribution is -0.126. The standard InChI is InChI=1S/C17H16INO3/c1-12(16(20)19(2)13-8-4-3-5-9-13)22-17(21)14-10-6-7-11-15(14)18/h3-12H,1-2H3/t12-/m0/s1. The van der Waals surface area contributed by atoms with Gasteiger partial charge in [-0.15, -0.1) is 0 Å². The van der Waals surface area contributed by atoms with Crippen LogP contribution in [0.2, 0.25) is 0 Å².